The Morgan fingerprint density at radius 1 is 0.940 bits per heavy atom. The van der Waals surface area contributed by atoms with Crippen molar-refractivity contribution in [1.82, 2.24) is 10.3 Å². The zero-order chi connectivity index (χ0) is 36.5. The van der Waals surface area contributed by atoms with Gasteiger partial charge in [0.25, 0.3) is 0 Å². The van der Waals surface area contributed by atoms with Crippen LogP contribution < -0.4 is 5.32 Å². The Balaban J connectivity index is 1.24. The van der Waals surface area contributed by atoms with Gasteiger partial charge in [-0.2, -0.15) is 0 Å². The highest BCUT2D eigenvalue weighted by Crippen LogP contribution is 2.77. The summed E-state index contributed by atoms with van der Waals surface area (Å²) in [6, 6.07) is 5.93. The molecule has 0 saturated heterocycles. The van der Waals surface area contributed by atoms with Crippen molar-refractivity contribution in [2.24, 2.45) is 56.2 Å². The van der Waals surface area contributed by atoms with Crippen molar-refractivity contribution in [3.63, 3.8) is 0 Å². The number of aliphatic carboxylic acids is 1. The van der Waals surface area contributed by atoms with Gasteiger partial charge in [0.2, 0.25) is 0 Å². The maximum absolute atomic E-state index is 14.4. The van der Waals surface area contributed by atoms with Gasteiger partial charge in [0.1, 0.15) is 6.10 Å². The number of nitrogens with one attached hydrogen (secondary N) is 1. The summed E-state index contributed by atoms with van der Waals surface area (Å²) < 4.78 is 6.17. The third-order valence-corrected chi connectivity index (χ3v) is 15.9. The number of rotatable bonds is 10. The van der Waals surface area contributed by atoms with Crippen molar-refractivity contribution in [1.29, 1.82) is 0 Å². The molecule has 0 radical (unpaired) electrons. The van der Waals surface area contributed by atoms with Crippen LogP contribution in [0.2, 0.25) is 0 Å². The molecule has 2 N–H and O–H groups in total. The molecule has 1 heterocycles. The summed E-state index contributed by atoms with van der Waals surface area (Å²) in [5.74, 6) is 0.859. The first kappa shape index (κ1) is 37.2. The summed E-state index contributed by atoms with van der Waals surface area (Å²) in [5, 5.41) is 13.1. The van der Waals surface area contributed by atoms with E-state index in [-0.39, 0.29) is 39.6 Å². The van der Waals surface area contributed by atoms with E-state index in [1.54, 1.807) is 19.4 Å². The van der Waals surface area contributed by atoms with Crippen LogP contribution >= 0.6 is 0 Å². The Bertz CT molecular complexity index is 1530. The predicted octanol–water partition coefficient (Wildman–Crippen LogP) is 8.95. The van der Waals surface area contributed by atoms with Gasteiger partial charge in [-0.3, -0.25) is 19.4 Å². The summed E-state index contributed by atoms with van der Waals surface area (Å²) in [6.07, 6.45) is 11.9. The SMILES string of the molecule is CC(C)C1=C2[C@H]3CC[C@@H]4[C@@]5(C)CC[C@H](OC(=O)CC(C)(C)C(=O)O)C(C)(C)[C@@H]5CC[C@@]4(C)[C@]3(C)CC[C@@]2(C(=O)CNCc2ccccn2)CC1. The minimum absolute atomic E-state index is 0.115. The molecule has 0 unspecified atom stereocenters. The molecule has 1 aromatic heterocycles. The number of nitrogens with zero attached hydrogens (tertiary/aromatic N) is 1. The van der Waals surface area contributed by atoms with Crippen LogP contribution in [0.25, 0.3) is 0 Å². The Morgan fingerprint density at radius 3 is 2.34 bits per heavy atom. The number of pyridine rings is 1. The molecule has 276 valence electrons. The Hall–Kier alpha value is -2.54. The zero-order valence-electron chi connectivity index (χ0n) is 32.4. The van der Waals surface area contributed by atoms with Crippen molar-refractivity contribution in [2.45, 2.75) is 146 Å². The van der Waals surface area contributed by atoms with E-state index in [0.29, 0.717) is 42.5 Å². The molecule has 1 aromatic rings. The van der Waals surface area contributed by atoms with E-state index in [4.69, 9.17) is 4.74 Å². The lowest BCUT2D eigenvalue weighted by atomic mass is 9.33. The highest BCUT2D eigenvalue weighted by molar-refractivity contribution is 5.91. The monoisotopic (exact) mass is 688 g/mol. The molecular weight excluding hydrogens is 624 g/mol. The van der Waals surface area contributed by atoms with Crippen LogP contribution in [0.4, 0.5) is 0 Å². The zero-order valence-corrected chi connectivity index (χ0v) is 32.4. The first-order valence-electron chi connectivity index (χ1n) is 19.6. The molecule has 0 aliphatic heterocycles. The summed E-state index contributed by atoms with van der Waals surface area (Å²) in [7, 11) is 0. The number of carbonyl (C=O) groups is 3. The number of Topliss-reactive ketones (excluding diaryl/α,β-unsaturated/α-hetero) is 1. The molecule has 5 aliphatic carbocycles. The van der Waals surface area contributed by atoms with Crippen LogP contribution in [0.15, 0.2) is 35.5 Å². The normalized spacial score (nSPS) is 37.7. The lowest BCUT2D eigenvalue weighted by molar-refractivity contribution is -0.233. The van der Waals surface area contributed by atoms with Crippen LogP contribution in [0.3, 0.4) is 0 Å². The fourth-order valence-corrected chi connectivity index (χ4v) is 12.9. The fraction of sp³-hybridized carbons (Fsp3) is 0.767. The van der Waals surface area contributed by atoms with Gasteiger partial charge in [-0.05, 0) is 130 Å². The summed E-state index contributed by atoms with van der Waals surface area (Å²) >= 11 is 0. The molecule has 7 heteroatoms. The molecule has 0 bridgehead atoms. The van der Waals surface area contributed by atoms with Gasteiger partial charge in [-0.1, -0.05) is 65.7 Å². The number of carbonyl (C=O) groups excluding carboxylic acids is 2. The molecule has 5 aliphatic rings. The number of aromatic nitrogens is 1. The number of ether oxygens (including phenoxy) is 1. The highest BCUT2D eigenvalue weighted by Gasteiger charge is 2.70. The third kappa shape index (κ3) is 5.71. The number of hydrogen-bond acceptors (Lipinski definition) is 6. The summed E-state index contributed by atoms with van der Waals surface area (Å²) in [6.45, 7) is 21.2. The Kier molecular flexibility index (Phi) is 9.56. The molecule has 7 nitrogen and oxygen atoms in total. The highest BCUT2D eigenvalue weighted by atomic mass is 16.5. The molecule has 4 fully saturated rings. The predicted molar refractivity (Wildman–Crippen MR) is 196 cm³/mol. The average molecular weight is 689 g/mol. The third-order valence-electron chi connectivity index (χ3n) is 15.9. The molecule has 0 aromatic carbocycles. The largest absolute Gasteiger partial charge is 0.481 e. The van der Waals surface area contributed by atoms with E-state index < -0.39 is 17.4 Å². The number of ketones is 1. The molecule has 0 amide bonds. The van der Waals surface area contributed by atoms with Crippen molar-refractivity contribution < 1.29 is 24.2 Å². The molecule has 6 rings (SSSR count). The smallest absolute Gasteiger partial charge is 0.309 e. The standard InChI is InChI=1S/C43H64N2O5/c1-27(2)29-15-20-43(33(46)26-44-25-28-12-10-11-23-45-28)22-21-41(8)30(36(29)43)13-14-32-40(7)18-17-34(50-35(47)24-38(3,4)37(48)49)39(5,6)31(40)16-19-42(32,41)9/h10-12,23,27,30-32,34,44H,13-22,24-26H2,1-9H3,(H,48,49)/t30-,31+,32-,34+,40+,41-,42-,43-/m1/s1. The number of carboxylic acid groups (broad SMARTS) is 1. The minimum atomic E-state index is -1.15. The quantitative estimate of drug-likeness (QED) is 0.187. The van der Waals surface area contributed by atoms with E-state index in [1.807, 2.05) is 24.4 Å². The molecule has 4 saturated carbocycles. The summed E-state index contributed by atoms with van der Waals surface area (Å²) in [4.78, 5) is 43.7. The number of carboxylic acids is 1. The molecular formula is C43H64N2O5. The van der Waals surface area contributed by atoms with Crippen molar-refractivity contribution in [3.8, 4) is 0 Å². The van der Waals surface area contributed by atoms with Gasteiger partial charge in [0.15, 0.2) is 5.78 Å². The minimum Gasteiger partial charge on any atom is -0.481 e. The average Bonchev–Trinajstić information content (AvgIpc) is 3.44. The second-order valence-electron chi connectivity index (χ2n) is 19.3. The van der Waals surface area contributed by atoms with Gasteiger partial charge in [0.05, 0.1) is 29.5 Å². The van der Waals surface area contributed by atoms with Crippen LogP contribution in [-0.4, -0.2) is 40.5 Å². The van der Waals surface area contributed by atoms with Crippen LogP contribution in [0, 0.1) is 56.2 Å². The van der Waals surface area contributed by atoms with Crippen LogP contribution in [-0.2, 0) is 25.7 Å². The van der Waals surface area contributed by atoms with E-state index in [9.17, 15) is 19.5 Å². The second kappa shape index (κ2) is 12.8. The maximum Gasteiger partial charge on any atom is 0.309 e. The van der Waals surface area contributed by atoms with E-state index in [0.717, 1.165) is 63.5 Å². The molecule has 50 heavy (non-hydrogen) atoms. The lowest BCUT2D eigenvalue weighted by Gasteiger charge is -2.72. The van der Waals surface area contributed by atoms with Gasteiger partial charge in [-0.25, -0.2) is 0 Å². The first-order chi connectivity index (χ1) is 23.3. The number of fused-ring (bicyclic) bond motifs is 7. The van der Waals surface area contributed by atoms with E-state index >= 15 is 0 Å². The van der Waals surface area contributed by atoms with Crippen molar-refractivity contribution >= 4 is 17.7 Å². The van der Waals surface area contributed by atoms with Crippen LogP contribution in [0.1, 0.15) is 139 Å². The number of hydrogen-bond donors (Lipinski definition) is 2. The first-order valence-corrected chi connectivity index (χ1v) is 19.6. The van der Waals surface area contributed by atoms with Crippen molar-refractivity contribution in [3.05, 3.63) is 41.2 Å². The van der Waals surface area contributed by atoms with E-state index in [2.05, 4.69) is 58.8 Å². The van der Waals surface area contributed by atoms with Crippen molar-refractivity contribution in [2.75, 3.05) is 6.54 Å². The Morgan fingerprint density at radius 2 is 1.68 bits per heavy atom. The fourth-order valence-electron chi connectivity index (χ4n) is 12.9. The van der Waals surface area contributed by atoms with Crippen LogP contribution in [0.5, 0.6) is 0 Å². The molecule has 8 atom stereocenters. The number of esters is 1. The second-order valence-corrected chi connectivity index (χ2v) is 19.3. The van der Waals surface area contributed by atoms with Gasteiger partial charge < -0.3 is 15.2 Å². The topological polar surface area (TPSA) is 106 Å². The Labute approximate surface area is 301 Å². The summed E-state index contributed by atoms with van der Waals surface area (Å²) in [5.41, 5.74) is 2.77. The van der Waals surface area contributed by atoms with Gasteiger partial charge in [-0.15, -0.1) is 0 Å². The maximum atomic E-state index is 14.4. The van der Waals surface area contributed by atoms with Gasteiger partial charge >= 0.3 is 11.9 Å². The lowest BCUT2D eigenvalue weighted by Crippen LogP contribution is -2.66. The number of allylic oxidation sites excluding steroid dienone is 2. The van der Waals surface area contributed by atoms with Gasteiger partial charge in [0, 0.05) is 18.2 Å². The van der Waals surface area contributed by atoms with E-state index in [1.165, 1.54) is 12.0 Å². The molecule has 0 spiro atoms.